The van der Waals surface area contributed by atoms with Gasteiger partial charge in [-0.2, -0.15) is 0 Å². The van der Waals surface area contributed by atoms with Crippen LogP contribution in [-0.4, -0.2) is 51.6 Å². The van der Waals surface area contributed by atoms with Gasteiger partial charge in [0.2, 0.25) is 0 Å². The summed E-state index contributed by atoms with van der Waals surface area (Å²) in [7, 11) is 0. The number of halogens is 1. The topological polar surface area (TPSA) is 72.2 Å². The van der Waals surface area contributed by atoms with Crippen LogP contribution < -0.4 is 5.56 Å². The van der Waals surface area contributed by atoms with Crippen molar-refractivity contribution < 1.29 is 9.18 Å². The number of hydrogen-bond donors (Lipinski definition) is 2. The van der Waals surface area contributed by atoms with Crippen LogP contribution in [0.3, 0.4) is 0 Å². The molecule has 2 heterocycles. The first-order valence-corrected chi connectivity index (χ1v) is 8.99. The molecule has 1 atom stereocenters. The molecule has 1 saturated heterocycles. The Morgan fingerprint density at radius 2 is 1.96 bits per heavy atom. The van der Waals surface area contributed by atoms with Gasteiger partial charge >= 0.3 is 0 Å². The molecule has 1 fully saturated rings. The molecule has 0 unspecified atom stereocenters. The smallest absolute Gasteiger partial charge is 0.271 e. The Labute approximate surface area is 152 Å². The number of nitrogens with zero attached hydrogens (tertiary/aromatic N) is 2. The first-order valence-electron chi connectivity index (χ1n) is 8.99. The lowest BCUT2D eigenvalue weighted by Gasteiger charge is -2.34. The Balaban J connectivity index is 1.75. The minimum atomic E-state index is -0.304. The second-order valence-corrected chi connectivity index (χ2v) is 7.19. The number of hydrogen-bond acceptors (Lipinski definition) is 3. The van der Waals surface area contributed by atoms with Gasteiger partial charge in [-0.15, -0.1) is 0 Å². The number of aromatic amines is 2. The summed E-state index contributed by atoms with van der Waals surface area (Å²) in [6.07, 6.45) is 0.852. The van der Waals surface area contributed by atoms with E-state index in [0.29, 0.717) is 24.7 Å². The van der Waals surface area contributed by atoms with Crippen molar-refractivity contribution in [2.24, 2.45) is 5.92 Å². The highest BCUT2D eigenvalue weighted by Gasteiger charge is 2.30. The summed E-state index contributed by atoms with van der Waals surface area (Å²) >= 11 is 0. The third-order valence-electron chi connectivity index (χ3n) is 4.93. The monoisotopic (exact) mass is 360 g/mol. The molecule has 140 valence electrons. The molecule has 0 saturated carbocycles. The summed E-state index contributed by atoms with van der Waals surface area (Å²) in [6.45, 7) is 7.14. The number of carbonyl (C=O) groups is 1. The van der Waals surface area contributed by atoms with E-state index in [1.165, 1.54) is 18.2 Å². The SMILES string of the molecule is CC(C)[C@@H]1CN(C(=O)c2cc(=O)[nH][nH]2)CCCN1Cc1ccc(F)cc1. The van der Waals surface area contributed by atoms with Crippen LogP contribution in [-0.2, 0) is 6.54 Å². The lowest BCUT2D eigenvalue weighted by molar-refractivity contribution is 0.0696. The van der Waals surface area contributed by atoms with E-state index in [1.54, 1.807) is 0 Å². The third-order valence-corrected chi connectivity index (χ3v) is 4.93. The van der Waals surface area contributed by atoms with Gasteiger partial charge in [0.05, 0.1) is 0 Å². The van der Waals surface area contributed by atoms with Crippen LogP contribution in [0.15, 0.2) is 35.1 Å². The molecule has 3 rings (SSSR count). The van der Waals surface area contributed by atoms with Gasteiger partial charge < -0.3 is 4.90 Å². The number of amides is 1. The second-order valence-electron chi connectivity index (χ2n) is 7.19. The van der Waals surface area contributed by atoms with E-state index in [9.17, 15) is 14.0 Å². The Morgan fingerprint density at radius 1 is 1.23 bits per heavy atom. The summed E-state index contributed by atoms with van der Waals surface area (Å²) in [5, 5.41) is 5.06. The number of carbonyl (C=O) groups excluding carboxylic acids is 1. The maximum atomic E-state index is 13.2. The minimum Gasteiger partial charge on any atom is -0.336 e. The van der Waals surface area contributed by atoms with Crippen LogP contribution in [0, 0.1) is 11.7 Å². The van der Waals surface area contributed by atoms with Gasteiger partial charge in [0, 0.05) is 38.3 Å². The molecule has 1 aliphatic rings. The van der Waals surface area contributed by atoms with Gasteiger partial charge in [0.15, 0.2) is 0 Å². The Bertz CT molecular complexity index is 796. The van der Waals surface area contributed by atoms with E-state index in [4.69, 9.17) is 0 Å². The van der Waals surface area contributed by atoms with Crippen LogP contribution in [0.1, 0.15) is 36.3 Å². The number of benzene rings is 1. The fourth-order valence-electron chi connectivity index (χ4n) is 3.52. The van der Waals surface area contributed by atoms with Gasteiger partial charge in [-0.3, -0.25) is 24.7 Å². The lowest BCUT2D eigenvalue weighted by atomic mass is 10.0. The average Bonchev–Trinajstić information content (AvgIpc) is 2.93. The lowest BCUT2D eigenvalue weighted by Crippen LogP contribution is -2.45. The van der Waals surface area contributed by atoms with Gasteiger partial charge in [0.1, 0.15) is 11.5 Å². The molecule has 6 nitrogen and oxygen atoms in total. The average molecular weight is 360 g/mol. The second kappa shape index (κ2) is 7.86. The predicted molar refractivity (Wildman–Crippen MR) is 97.4 cm³/mol. The molecule has 2 N–H and O–H groups in total. The van der Waals surface area contributed by atoms with Gasteiger partial charge in [-0.25, -0.2) is 4.39 Å². The van der Waals surface area contributed by atoms with E-state index in [-0.39, 0.29) is 23.3 Å². The van der Waals surface area contributed by atoms with Crippen molar-refractivity contribution in [3.63, 3.8) is 0 Å². The van der Waals surface area contributed by atoms with Crippen molar-refractivity contribution in [1.82, 2.24) is 20.0 Å². The zero-order valence-electron chi connectivity index (χ0n) is 15.2. The maximum absolute atomic E-state index is 13.2. The van der Waals surface area contributed by atoms with E-state index in [0.717, 1.165) is 25.1 Å². The number of nitrogens with one attached hydrogen (secondary N) is 2. The standard InChI is InChI=1S/C19H25FN4O2/c1-13(2)17-12-24(19(26)16-10-18(25)22-21-16)9-3-8-23(17)11-14-4-6-15(20)7-5-14/h4-7,10,13,17H,3,8-9,11-12H2,1-2H3,(H2,21,22,25)/t17-/m0/s1. The van der Waals surface area contributed by atoms with Gasteiger partial charge in [0.25, 0.3) is 11.5 Å². The number of aromatic nitrogens is 2. The van der Waals surface area contributed by atoms with Crippen molar-refractivity contribution >= 4 is 5.91 Å². The van der Waals surface area contributed by atoms with Crippen LogP contribution in [0.5, 0.6) is 0 Å². The van der Waals surface area contributed by atoms with Gasteiger partial charge in [-0.1, -0.05) is 26.0 Å². The molecule has 1 aromatic heterocycles. The molecule has 2 aromatic rings. The summed E-state index contributed by atoms with van der Waals surface area (Å²) in [6, 6.07) is 8.08. The fraction of sp³-hybridized carbons (Fsp3) is 0.474. The molecule has 7 heteroatoms. The number of H-pyrrole nitrogens is 2. The molecule has 0 radical (unpaired) electrons. The highest BCUT2D eigenvalue weighted by atomic mass is 19.1. The third kappa shape index (κ3) is 4.22. The zero-order chi connectivity index (χ0) is 18.7. The van der Waals surface area contributed by atoms with Crippen LogP contribution in [0.25, 0.3) is 0 Å². The van der Waals surface area contributed by atoms with E-state index < -0.39 is 0 Å². The first kappa shape index (κ1) is 18.4. The molecule has 1 aromatic carbocycles. The molecular weight excluding hydrogens is 335 g/mol. The summed E-state index contributed by atoms with van der Waals surface area (Å²) in [5.41, 5.74) is 1.05. The van der Waals surface area contributed by atoms with Crippen molar-refractivity contribution in [2.75, 3.05) is 19.6 Å². The predicted octanol–water partition coefficient (Wildman–Crippen LogP) is 2.21. The number of rotatable bonds is 4. The van der Waals surface area contributed by atoms with Crippen molar-refractivity contribution in [1.29, 1.82) is 0 Å². The van der Waals surface area contributed by atoms with E-state index >= 15 is 0 Å². The molecule has 0 aliphatic carbocycles. The summed E-state index contributed by atoms with van der Waals surface area (Å²) in [5.74, 6) is -0.0333. The highest BCUT2D eigenvalue weighted by molar-refractivity contribution is 5.92. The molecule has 26 heavy (non-hydrogen) atoms. The normalized spacial score (nSPS) is 18.9. The van der Waals surface area contributed by atoms with E-state index in [1.807, 2.05) is 17.0 Å². The molecular formula is C19H25FN4O2. The van der Waals surface area contributed by atoms with Crippen LogP contribution in [0.4, 0.5) is 4.39 Å². The van der Waals surface area contributed by atoms with E-state index in [2.05, 4.69) is 28.9 Å². The summed E-state index contributed by atoms with van der Waals surface area (Å²) < 4.78 is 13.2. The van der Waals surface area contributed by atoms with Crippen LogP contribution in [0.2, 0.25) is 0 Å². The Kier molecular flexibility index (Phi) is 5.56. The first-order chi connectivity index (χ1) is 12.4. The Morgan fingerprint density at radius 3 is 2.58 bits per heavy atom. The van der Waals surface area contributed by atoms with Crippen molar-refractivity contribution in [3.8, 4) is 0 Å². The minimum absolute atomic E-state index is 0.155. The zero-order valence-corrected chi connectivity index (χ0v) is 15.2. The van der Waals surface area contributed by atoms with Crippen molar-refractivity contribution in [2.45, 2.75) is 32.9 Å². The largest absolute Gasteiger partial charge is 0.336 e. The fourth-order valence-corrected chi connectivity index (χ4v) is 3.52. The van der Waals surface area contributed by atoms with Gasteiger partial charge in [-0.05, 0) is 30.0 Å². The molecule has 0 bridgehead atoms. The quantitative estimate of drug-likeness (QED) is 0.878. The molecule has 1 amide bonds. The molecule has 0 spiro atoms. The summed E-state index contributed by atoms with van der Waals surface area (Å²) in [4.78, 5) is 28.2. The Hall–Kier alpha value is -2.41. The van der Waals surface area contributed by atoms with Crippen molar-refractivity contribution in [3.05, 3.63) is 57.8 Å². The maximum Gasteiger partial charge on any atom is 0.271 e. The molecule has 1 aliphatic heterocycles. The van der Waals surface area contributed by atoms with Crippen LogP contribution >= 0.6 is 0 Å². The highest BCUT2D eigenvalue weighted by Crippen LogP contribution is 2.21.